The van der Waals surface area contributed by atoms with E-state index in [9.17, 15) is 9.59 Å². The van der Waals surface area contributed by atoms with Crippen LogP contribution in [0.2, 0.25) is 0 Å². The molecule has 7 nitrogen and oxygen atoms in total. The summed E-state index contributed by atoms with van der Waals surface area (Å²) < 4.78 is 2.10. The summed E-state index contributed by atoms with van der Waals surface area (Å²) in [6.45, 7) is 2.57. The third kappa shape index (κ3) is 4.13. The number of nitrogens with one attached hydrogen (secondary N) is 1. The van der Waals surface area contributed by atoms with E-state index in [1.54, 1.807) is 6.08 Å². The molecule has 28 heavy (non-hydrogen) atoms. The average Bonchev–Trinajstić information content (AvgIpc) is 3.35. The van der Waals surface area contributed by atoms with Gasteiger partial charge in [-0.1, -0.05) is 30.3 Å². The number of rotatable bonds is 5. The second-order valence-electron chi connectivity index (χ2n) is 7.35. The van der Waals surface area contributed by atoms with Crippen LogP contribution in [0.15, 0.2) is 36.4 Å². The molecule has 3 heterocycles. The number of hydrogen-bond acceptors (Lipinski definition) is 4. The Labute approximate surface area is 164 Å². The van der Waals surface area contributed by atoms with Crippen molar-refractivity contribution in [2.45, 2.75) is 38.8 Å². The molecule has 2 aromatic rings. The van der Waals surface area contributed by atoms with E-state index in [-0.39, 0.29) is 17.7 Å². The van der Waals surface area contributed by atoms with E-state index in [0.717, 1.165) is 36.6 Å². The zero-order valence-corrected chi connectivity index (χ0v) is 15.9. The Kier molecular flexibility index (Phi) is 5.50. The first kappa shape index (κ1) is 18.4. The van der Waals surface area contributed by atoms with E-state index in [1.807, 2.05) is 41.3 Å². The predicted molar refractivity (Wildman–Crippen MR) is 105 cm³/mol. The van der Waals surface area contributed by atoms with E-state index < -0.39 is 0 Å². The molecule has 0 radical (unpaired) electrons. The van der Waals surface area contributed by atoms with E-state index in [0.29, 0.717) is 32.5 Å². The molecule has 1 aromatic carbocycles. The summed E-state index contributed by atoms with van der Waals surface area (Å²) in [6, 6.07) is 9.77. The summed E-state index contributed by atoms with van der Waals surface area (Å²) in [7, 11) is 0. The molecule has 2 aliphatic heterocycles. The molecular formula is C21H25N5O2. The van der Waals surface area contributed by atoms with E-state index in [1.165, 1.54) is 0 Å². The molecule has 2 aliphatic rings. The van der Waals surface area contributed by atoms with Crippen LogP contribution in [0.4, 0.5) is 0 Å². The van der Waals surface area contributed by atoms with Crippen LogP contribution in [0.5, 0.6) is 0 Å². The maximum atomic E-state index is 12.5. The third-order valence-corrected chi connectivity index (χ3v) is 5.50. The van der Waals surface area contributed by atoms with Gasteiger partial charge >= 0.3 is 0 Å². The molecule has 0 saturated carbocycles. The molecule has 0 bridgehead atoms. The van der Waals surface area contributed by atoms with Crippen LogP contribution >= 0.6 is 0 Å². The van der Waals surface area contributed by atoms with Gasteiger partial charge in [-0.25, -0.2) is 0 Å². The quantitative estimate of drug-likeness (QED) is 0.804. The molecule has 146 valence electrons. The average molecular weight is 379 g/mol. The van der Waals surface area contributed by atoms with Gasteiger partial charge in [-0.05, 0) is 30.9 Å². The highest BCUT2D eigenvalue weighted by Gasteiger charge is 2.27. The summed E-state index contributed by atoms with van der Waals surface area (Å²) in [5, 5.41) is 11.3. The van der Waals surface area contributed by atoms with Gasteiger partial charge in [0.1, 0.15) is 5.82 Å². The summed E-state index contributed by atoms with van der Waals surface area (Å²) in [5.41, 5.74) is 1.00. The first-order valence-corrected chi connectivity index (χ1v) is 9.91. The van der Waals surface area contributed by atoms with Crippen LogP contribution in [-0.4, -0.2) is 44.6 Å². The first-order chi connectivity index (χ1) is 13.7. The zero-order valence-electron chi connectivity index (χ0n) is 15.9. The fourth-order valence-electron chi connectivity index (χ4n) is 3.85. The van der Waals surface area contributed by atoms with Crippen molar-refractivity contribution in [1.29, 1.82) is 0 Å². The van der Waals surface area contributed by atoms with Crippen molar-refractivity contribution in [2.75, 3.05) is 13.1 Å². The van der Waals surface area contributed by atoms with Gasteiger partial charge in [-0.2, -0.15) is 0 Å². The van der Waals surface area contributed by atoms with E-state index >= 15 is 0 Å². The van der Waals surface area contributed by atoms with Crippen LogP contribution in [-0.2, 0) is 29.1 Å². The number of hydrogen-bond donors (Lipinski definition) is 1. The Balaban J connectivity index is 1.23. The van der Waals surface area contributed by atoms with Crippen LogP contribution in [0, 0.1) is 5.92 Å². The minimum Gasteiger partial charge on any atom is -0.349 e. The molecule has 4 rings (SSSR count). The number of aryl methyl sites for hydroxylation is 1. The maximum Gasteiger partial charge on any atom is 0.246 e. The molecule has 1 N–H and O–H groups in total. The van der Waals surface area contributed by atoms with Gasteiger partial charge in [0.25, 0.3) is 0 Å². The van der Waals surface area contributed by atoms with E-state index in [2.05, 4.69) is 20.1 Å². The van der Waals surface area contributed by atoms with Crippen LogP contribution in [0.3, 0.4) is 0 Å². The van der Waals surface area contributed by atoms with Gasteiger partial charge in [0, 0.05) is 38.0 Å². The van der Waals surface area contributed by atoms with Gasteiger partial charge in [-0.15, -0.1) is 10.2 Å². The molecule has 7 heteroatoms. The topological polar surface area (TPSA) is 80.1 Å². The van der Waals surface area contributed by atoms with Crippen molar-refractivity contribution >= 4 is 17.9 Å². The number of carbonyl (C=O) groups is 2. The maximum absolute atomic E-state index is 12.5. The lowest BCUT2D eigenvalue weighted by Gasteiger charge is -2.30. The van der Waals surface area contributed by atoms with Crippen molar-refractivity contribution in [1.82, 2.24) is 25.0 Å². The molecule has 1 aromatic heterocycles. The Morgan fingerprint density at radius 3 is 2.68 bits per heavy atom. The molecule has 0 spiro atoms. The van der Waals surface area contributed by atoms with Crippen molar-refractivity contribution in [2.24, 2.45) is 5.92 Å². The second kappa shape index (κ2) is 8.37. The molecule has 0 atom stereocenters. The number of aromatic nitrogens is 3. The van der Waals surface area contributed by atoms with Gasteiger partial charge in [-0.3, -0.25) is 9.59 Å². The number of piperidine rings is 1. The summed E-state index contributed by atoms with van der Waals surface area (Å²) >= 11 is 0. The number of amides is 2. The van der Waals surface area contributed by atoms with Crippen LogP contribution in [0.25, 0.3) is 6.08 Å². The standard InChI is InChI=1S/C21H25N5O2/c27-20(9-8-16-5-2-1-3-6-16)25-13-10-17(11-14-25)21(28)22-15-19-24-23-18-7-4-12-26(18)19/h1-3,5-6,8-9,17H,4,7,10-15H2,(H,22,28)/b9-8+. The van der Waals surface area contributed by atoms with Crippen LogP contribution < -0.4 is 5.32 Å². The predicted octanol–water partition coefficient (Wildman–Crippen LogP) is 1.79. The highest BCUT2D eigenvalue weighted by molar-refractivity contribution is 5.92. The Bertz CT molecular complexity index is 866. The monoisotopic (exact) mass is 379 g/mol. The summed E-state index contributed by atoms with van der Waals surface area (Å²) in [4.78, 5) is 26.7. The Morgan fingerprint density at radius 2 is 1.89 bits per heavy atom. The number of fused-ring (bicyclic) bond motifs is 1. The number of benzene rings is 1. The highest BCUT2D eigenvalue weighted by Crippen LogP contribution is 2.19. The Morgan fingerprint density at radius 1 is 1.11 bits per heavy atom. The van der Waals surface area contributed by atoms with Crippen molar-refractivity contribution in [3.05, 3.63) is 53.6 Å². The summed E-state index contributed by atoms with van der Waals surface area (Å²) in [6.07, 6.45) is 6.88. The van der Waals surface area contributed by atoms with Gasteiger partial charge in [0.15, 0.2) is 5.82 Å². The smallest absolute Gasteiger partial charge is 0.246 e. The van der Waals surface area contributed by atoms with Crippen molar-refractivity contribution < 1.29 is 9.59 Å². The third-order valence-electron chi connectivity index (χ3n) is 5.50. The number of nitrogens with zero attached hydrogens (tertiary/aromatic N) is 4. The van der Waals surface area contributed by atoms with Gasteiger partial charge < -0.3 is 14.8 Å². The molecule has 0 unspecified atom stereocenters. The lowest BCUT2D eigenvalue weighted by Crippen LogP contribution is -2.42. The molecule has 0 aliphatic carbocycles. The molecule has 1 saturated heterocycles. The molecule has 1 fully saturated rings. The zero-order chi connectivity index (χ0) is 19.3. The highest BCUT2D eigenvalue weighted by atomic mass is 16.2. The lowest BCUT2D eigenvalue weighted by atomic mass is 9.96. The minimum atomic E-state index is -0.0527. The first-order valence-electron chi connectivity index (χ1n) is 9.91. The van der Waals surface area contributed by atoms with Gasteiger partial charge in [0.05, 0.1) is 6.54 Å². The Hall–Kier alpha value is -2.96. The fourth-order valence-corrected chi connectivity index (χ4v) is 3.85. The fraction of sp³-hybridized carbons (Fsp3) is 0.429. The van der Waals surface area contributed by atoms with Crippen molar-refractivity contribution in [3.8, 4) is 0 Å². The van der Waals surface area contributed by atoms with Crippen LogP contribution in [0.1, 0.15) is 36.5 Å². The van der Waals surface area contributed by atoms with Gasteiger partial charge in [0.2, 0.25) is 11.8 Å². The SMILES string of the molecule is O=C(NCc1nnc2n1CCC2)C1CCN(C(=O)/C=C/c2ccccc2)CC1. The lowest BCUT2D eigenvalue weighted by molar-refractivity contribution is -0.132. The second-order valence-corrected chi connectivity index (χ2v) is 7.35. The van der Waals surface area contributed by atoms with Crippen molar-refractivity contribution in [3.63, 3.8) is 0 Å². The molecule has 2 amide bonds. The largest absolute Gasteiger partial charge is 0.349 e. The molecular weight excluding hydrogens is 354 g/mol. The number of carbonyl (C=O) groups excluding carboxylic acids is 2. The number of likely N-dealkylation sites (tertiary alicyclic amines) is 1. The summed E-state index contributed by atoms with van der Waals surface area (Å²) in [5.74, 6) is 1.84. The normalized spacial score (nSPS) is 17.1. The minimum absolute atomic E-state index is 0.00161. The van der Waals surface area contributed by atoms with E-state index in [4.69, 9.17) is 0 Å².